The number of aromatic carboxylic acids is 1. The van der Waals surface area contributed by atoms with E-state index in [0.717, 1.165) is 23.6 Å². The minimum absolute atomic E-state index is 0.241. The molecule has 2 aromatic rings. The summed E-state index contributed by atoms with van der Waals surface area (Å²) in [7, 11) is 0. The molecule has 0 aliphatic carbocycles. The van der Waals surface area contributed by atoms with E-state index in [1.165, 1.54) is 0 Å². The fourth-order valence-electron chi connectivity index (χ4n) is 1.98. The van der Waals surface area contributed by atoms with Gasteiger partial charge in [-0.25, -0.2) is 4.79 Å². The van der Waals surface area contributed by atoms with Gasteiger partial charge in [-0.3, -0.25) is 4.79 Å². The van der Waals surface area contributed by atoms with Crippen LogP contribution in [0.4, 0.5) is 0 Å². The number of carbonyl (C=O) groups excluding carboxylic acids is 1. The van der Waals surface area contributed by atoms with Crippen molar-refractivity contribution in [1.82, 2.24) is 4.57 Å². The zero-order valence-electron chi connectivity index (χ0n) is 9.51. The molecule has 0 bridgehead atoms. The van der Waals surface area contributed by atoms with Crippen molar-refractivity contribution in [2.24, 2.45) is 0 Å². The molecule has 0 aliphatic rings. The molecule has 0 radical (unpaired) electrons. The lowest BCUT2D eigenvalue weighted by molar-refractivity contribution is 0.0697. The number of nitrogens with zero attached hydrogens (tertiary/aromatic N) is 1. The lowest BCUT2D eigenvalue weighted by Gasteiger charge is -2.05. The summed E-state index contributed by atoms with van der Waals surface area (Å²) < 4.78 is 1.86. The van der Waals surface area contributed by atoms with Crippen LogP contribution in [-0.2, 0) is 6.54 Å². The molecule has 0 saturated carbocycles. The summed E-state index contributed by atoms with van der Waals surface area (Å²) in [6, 6.07) is 6.68. The first kappa shape index (κ1) is 11.4. The first-order chi connectivity index (χ1) is 8.17. The lowest BCUT2D eigenvalue weighted by atomic mass is 10.1. The van der Waals surface area contributed by atoms with Crippen molar-refractivity contribution in [3.05, 3.63) is 35.5 Å². The van der Waals surface area contributed by atoms with Crippen LogP contribution in [-0.4, -0.2) is 21.9 Å². The third kappa shape index (κ3) is 1.93. The molecule has 0 aliphatic heterocycles. The molecule has 17 heavy (non-hydrogen) atoms. The van der Waals surface area contributed by atoms with Crippen LogP contribution in [0.3, 0.4) is 0 Å². The number of hydrogen-bond donors (Lipinski definition) is 1. The quantitative estimate of drug-likeness (QED) is 0.822. The van der Waals surface area contributed by atoms with E-state index < -0.39 is 5.97 Å². The zero-order valence-corrected chi connectivity index (χ0v) is 9.51. The molecule has 0 amide bonds. The Morgan fingerprint density at radius 2 is 2.18 bits per heavy atom. The fourth-order valence-corrected chi connectivity index (χ4v) is 1.98. The molecular formula is C13H13NO3. The lowest BCUT2D eigenvalue weighted by Crippen LogP contribution is -2.02. The highest BCUT2D eigenvalue weighted by Gasteiger charge is 2.10. The van der Waals surface area contributed by atoms with Gasteiger partial charge in [0.25, 0.3) is 0 Å². The first-order valence-corrected chi connectivity index (χ1v) is 5.49. The summed E-state index contributed by atoms with van der Waals surface area (Å²) in [5.74, 6) is -0.955. The molecule has 4 heteroatoms. The van der Waals surface area contributed by atoms with Crippen LogP contribution in [0.2, 0.25) is 0 Å². The van der Waals surface area contributed by atoms with Crippen LogP contribution >= 0.6 is 0 Å². The SMILES string of the molecule is CCCn1c(C=O)cc2ccc(C(=O)O)cc21. The molecule has 88 valence electrons. The molecule has 0 saturated heterocycles. The summed E-state index contributed by atoms with van der Waals surface area (Å²) in [5.41, 5.74) is 1.63. The van der Waals surface area contributed by atoms with Crippen molar-refractivity contribution < 1.29 is 14.7 Å². The Balaban J connectivity index is 2.68. The number of aryl methyl sites for hydroxylation is 1. The predicted octanol–water partition coefficient (Wildman–Crippen LogP) is 2.56. The molecule has 1 aromatic carbocycles. The number of benzene rings is 1. The summed E-state index contributed by atoms with van der Waals surface area (Å²) in [5, 5.41) is 9.84. The number of fused-ring (bicyclic) bond motifs is 1. The Bertz CT molecular complexity index is 584. The minimum Gasteiger partial charge on any atom is -0.478 e. The van der Waals surface area contributed by atoms with E-state index in [1.807, 2.05) is 11.5 Å². The number of carbonyl (C=O) groups is 2. The highest BCUT2D eigenvalue weighted by molar-refractivity contribution is 5.95. The van der Waals surface area contributed by atoms with Gasteiger partial charge >= 0.3 is 5.97 Å². The van der Waals surface area contributed by atoms with Gasteiger partial charge in [-0.2, -0.15) is 0 Å². The van der Waals surface area contributed by atoms with Gasteiger partial charge in [-0.1, -0.05) is 13.0 Å². The van der Waals surface area contributed by atoms with Crippen molar-refractivity contribution in [3.8, 4) is 0 Å². The van der Waals surface area contributed by atoms with E-state index in [1.54, 1.807) is 24.3 Å². The van der Waals surface area contributed by atoms with Gasteiger partial charge in [-0.05, 0) is 24.6 Å². The topological polar surface area (TPSA) is 59.3 Å². The predicted molar refractivity (Wildman–Crippen MR) is 64.6 cm³/mol. The maximum atomic E-state index is 11.0. The number of aldehydes is 1. The van der Waals surface area contributed by atoms with Gasteiger partial charge in [0.05, 0.1) is 11.3 Å². The minimum atomic E-state index is -0.955. The van der Waals surface area contributed by atoms with Crippen LogP contribution < -0.4 is 0 Å². The van der Waals surface area contributed by atoms with Crippen molar-refractivity contribution in [2.45, 2.75) is 19.9 Å². The largest absolute Gasteiger partial charge is 0.478 e. The summed E-state index contributed by atoms with van der Waals surface area (Å²) in [6.45, 7) is 2.72. The van der Waals surface area contributed by atoms with Crippen LogP contribution in [0.15, 0.2) is 24.3 Å². The monoisotopic (exact) mass is 231 g/mol. The van der Waals surface area contributed by atoms with E-state index >= 15 is 0 Å². The third-order valence-corrected chi connectivity index (χ3v) is 2.75. The first-order valence-electron chi connectivity index (χ1n) is 5.49. The number of carboxylic acids is 1. The van der Waals surface area contributed by atoms with E-state index in [4.69, 9.17) is 5.11 Å². The van der Waals surface area contributed by atoms with Crippen molar-refractivity contribution >= 4 is 23.2 Å². The van der Waals surface area contributed by atoms with Crippen molar-refractivity contribution in [1.29, 1.82) is 0 Å². The molecule has 0 unspecified atom stereocenters. The molecule has 1 aromatic heterocycles. The van der Waals surface area contributed by atoms with E-state index in [9.17, 15) is 9.59 Å². The Hall–Kier alpha value is -2.10. The third-order valence-electron chi connectivity index (χ3n) is 2.75. The Kier molecular flexibility index (Phi) is 2.95. The Morgan fingerprint density at radius 1 is 1.41 bits per heavy atom. The van der Waals surface area contributed by atoms with Gasteiger partial charge in [0.1, 0.15) is 0 Å². The molecule has 0 spiro atoms. The second-order valence-electron chi connectivity index (χ2n) is 3.92. The van der Waals surface area contributed by atoms with Crippen LogP contribution in [0.1, 0.15) is 34.2 Å². The van der Waals surface area contributed by atoms with Gasteiger partial charge in [0.2, 0.25) is 0 Å². The molecule has 1 N–H and O–H groups in total. The molecule has 0 atom stereocenters. The molecule has 0 fully saturated rings. The van der Waals surface area contributed by atoms with E-state index in [2.05, 4.69) is 0 Å². The fraction of sp³-hybridized carbons (Fsp3) is 0.231. The van der Waals surface area contributed by atoms with Gasteiger partial charge in [0.15, 0.2) is 6.29 Å². The van der Waals surface area contributed by atoms with Crippen LogP contribution in [0.5, 0.6) is 0 Å². The number of carboxylic acid groups (broad SMARTS) is 1. The Morgan fingerprint density at radius 3 is 2.76 bits per heavy atom. The number of hydrogen-bond acceptors (Lipinski definition) is 2. The van der Waals surface area contributed by atoms with Crippen LogP contribution in [0.25, 0.3) is 10.9 Å². The standard InChI is InChI=1S/C13H13NO3/c1-2-5-14-11(8-15)6-9-3-4-10(13(16)17)7-12(9)14/h3-4,6-8H,2,5H2,1H3,(H,16,17). The average molecular weight is 231 g/mol. The van der Waals surface area contributed by atoms with Gasteiger partial charge in [0, 0.05) is 17.4 Å². The summed E-state index contributed by atoms with van der Waals surface area (Å²) in [6.07, 6.45) is 1.69. The molecular weight excluding hydrogens is 218 g/mol. The maximum Gasteiger partial charge on any atom is 0.335 e. The van der Waals surface area contributed by atoms with E-state index in [0.29, 0.717) is 12.2 Å². The molecule has 2 rings (SSSR count). The average Bonchev–Trinajstić information content (AvgIpc) is 2.67. The molecule has 1 heterocycles. The van der Waals surface area contributed by atoms with Crippen molar-refractivity contribution in [3.63, 3.8) is 0 Å². The Labute approximate surface area is 98.5 Å². The zero-order chi connectivity index (χ0) is 12.4. The van der Waals surface area contributed by atoms with E-state index in [-0.39, 0.29) is 5.56 Å². The normalized spacial score (nSPS) is 10.6. The smallest absolute Gasteiger partial charge is 0.335 e. The van der Waals surface area contributed by atoms with Gasteiger partial charge in [-0.15, -0.1) is 0 Å². The second kappa shape index (κ2) is 4.41. The second-order valence-corrected chi connectivity index (χ2v) is 3.92. The summed E-state index contributed by atoms with van der Waals surface area (Å²) >= 11 is 0. The van der Waals surface area contributed by atoms with Gasteiger partial charge < -0.3 is 9.67 Å². The summed E-state index contributed by atoms with van der Waals surface area (Å²) in [4.78, 5) is 21.9. The highest BCUT2D eigenvalue weighted by atomic mass is 16.4. The highest BCUT2D eigenvalue weighted by Crippen LogP contribution is 2.21. The van der Waals surface area contributed by atoms with Crippen LogP contribution in [0, 0.1) is 0 Å². The maximum absolute atomic E-state index is 11.0. The van der Waals surface area contributed by atoms with Crippen molar-refractivity contribution in [2.75, 3.05) is 0 Å². The molecule has 4 nitrogen and oxygen atoms in total. The number of rotatable bonds is 4. The number of aromatic nitrogens is 1.